The number of rotatable bonds is 5. The van der Waals surface area contributed by atoms with Crippen molar-refractivity contribution in [3.05, 3.63) is 47.3 Å². The summed E-state index contributed by atoms with van der Waals surface area (Å²) in [5.41, 5.74) is 0.612. The van der Waals surface area contributed by atoms with Crippen LogP contribution in [0.5, 0.6) is 5.75 Å². The van der Waals surface area contributed by atoms with Crippen molar-refractivity contribution in [3.63, 3.8) is 0 Å². The van der Waals surface area contributed by atoms with Gasteiger partial charge in [-0.05, 0) is 43.1 Å². The lowest BCUT2D eigenvalue weighted by molar-refractivity contribution is 0.0895. The molecular weight excluding hydrogens is 330 g/mol. The Balaban J connectivity index is 1.56. The predicted octanol–water partition coefficient (Wildman–Crippen LogP) is 2.45. The highest BCUT2D eigenvalue weighted by atomic mass is 19.3. The van der Waals surface area contributed by atoms with Gasteiger partial charge >= 0.3 is 0 Å². The molecule has 1 aromatic carbocycles. The van der Waals surface area contributed by atoms with Crippen molar-refractivity contribution in [2.45, 2.75) is 31.9 Å². The van der Waals surface area contributed by atoms with Gasteiger partial charge in [-0.2, -0.15) is 5.10 Å². The minimum absolute atomic E-state index is 0.0274. The number of aromatic nitrogens is 2. The molecular formula is C17H20F2N4O2. The van der Waals surface area contributed by atoms with Gasteiger partial charge in [0.2, 0.25) is 0 Å². The molecule has 1 saturated heterocycles. The Bertz CT molecular complexity index is 735. The molecule has 25 heavy (non-hydrogen) atoms. The normalized spacial score (nSPS) is 18.4. The van der Waals surface area contributed by atoms with Crippen molar-refractivity contribution in [1.29, 1.82) is 0 Å². The first kappa shape index (κ1) is 17.3. The fourth-order valence-corrected chi connectivity index (χ4v) is 3.05. The molecule has 0 aliphatic carbocycles. The zero-order valence-electron chi connectivity index (χ0n) is 13.6. The number of carbonyl (C=O) groups is 1. The number of carbonyl (C=O) groups excluding carboxylic acids is 1. The van der Waals surface area contributed by atoms with Crippen LogP contribution < -0.4 is 5.32 Å². The molecule has 3 N–H and O–H groups in total. The minimum atomic E-state index is -2.68. The highest BCUT2D eigenvalue weighted by Gasteiger charge is 2.23. The summed E-state index contributed by atoms with van der Waals surface area (Å²) in [6, 6.07) is 8.10. The van der Waals surface area contributed by atoms with Gasteiger partial charge in [0.15, 0.2) is 0 Å². The Morgan fingerprint density at radius 1 is 1.44 bits per heavy atom. The number of amides is 1. The lowest BCUT2D eigenvalue weighted by Crippen LogP contribution is -2.47. The molecule has 2 aromatic rings. The van der Waals surface area contributed by atoms with E-state index in [4.69, 9.17) is 0 Å². The minimum Gasteiger partial charge on any atom is -0.508 e. The molecule has 1 amide bonds. The second-order valence-electron chi connectivity index (χ2n) is 6.23. The van der Waals surface area contributed by atoms with E-state index in [1.807, 2.05) is 6.07 Å². The Hall–Kier alpha value is -2.48. The molecule has 0 saturated carbocycles. The van der Waals surface area contributed by atoms with Crippen molar-refractivity contribution in [2.75, 3.05) is 13.1 Å². The van der Waals surface area contributed by atoms with Gasteiger partial charge in [-0.25, -0.2) is 8.78 Å². The Morgan fingerprint density at radius 2 is 2.28 bits per heavy atom. The molecule has 1 atom stereocenters. The van der Waals surface area contributed by atoms with Crippen molar-refractivity contribution < 1.29 is 18.7 Å². The highest BCUT2D eigenvalue weighted by molar-refractivity contribution is 5.92. The van der Waals surface area contributed by atoms with Gasteiger partial charge in [0.05, 0.1) is 0 Å². The lowest BCUT2D eigenvalue weighted by atomic mass is 10.0. The fraction of sp³-hybridized carbons (Fsp3) is 0.412. The van der Waals surface area contributed by atoms with Crippen molar-refractivity contribution in [1.82, 2.24) is 20.4 Å². The summed E-state index contributed by atoms with van der Waals surface area (Å²) in [5, 5.41) is 18.2. The Kier molecular flexibility index (Phi) is 5.28. The fourth-order valence-electron chi connectivity index (χ4n) is 3.05. The molecule has 2 heterocycles. The third-order valence-corrected chi connectivity index (χ3v) is 4.22. The number of benzene rings is 1. The van der Waals surface area contributed by atoms with Crippen molar-refractivity contribution >= 4 is 5.91 Å². The number of hydrogen-bond donors (Lipinski definition) is 3. The number of aromatic hydroxyl groups is 1. The maximum absolute atomic E-state index is 12.6. The first-order chi connectivity index (χ1) is 12.0. The van der Waals surface area contributed by atoms with E-state index in [1.165, 1.54) is 0 Å². The van der Waals surface area contributed by atoms with Gasteiger partial charge in [0.25, 0.3) is 12.3 Å². The largest absolute Gasteiger partial charge is 0.508 e. The number of alkyl halides is 2. The maximum Gasteiger partial charge on any atom is 0.279 e. The number of piperidine rings is 1. The van der Waals surface area contributed by atoms with E-state index in [1.54, 1.807) is 18.2 Å². The van der Waals surface area contributed by atoms with E-state index < -0.39 is 12.3 Å². The zero-order chi connectivity index (χ0) is 17.8. The maximum atomic E-state index is 12.6. The molecule has 0 radical (unpaired) electrons. The van der Waals surface area contributed by atoms with Crippen LogP contribution in [0.1, 0.15) is 41.0 Å². The SMILES string of the molecule is O=C(N[C@@H]1CCCN(Cc2cccc(O)c2)C1)c1cc(C(F)F)[nH]n1. The topological polar surface area (TPSA) is 81.3 Å². The number of halogens is 2. The van der Waals surface area contributed by atoms with E-state index in [0.717, 1.165) is 31.0 Å². The molecule has 1 aromatic heterocycles. The zero-order valence-corrected chi connectivity index (χ0v) is 13.6. The summed E-state index contributed by atoms with van der Waals surface area (Å²) in [6.45, 7) is 2.24. The average Bonchev–Trinajstić information content (AvgIpc) is 3.05. The summed E-state index contributed by atoms with van der Waals surface area (Å²) >= 11 is 0. The van der Waals surface area contributed by atoms with Gasteiger partial charge in [-0.15, -0.1) is 0 Å². The standard InChI is InChI=1S/C17H20F2N4O2/c18-16(19)14-8-15(22-21-14)17(25)20-12-4-2-6-23(10-12)9-11-3-1-5-13(24)7-11/h1,3,5,7-8,12,16,24H,2,4,6,9-10H2,(H,20,25)(H,21,22)/t12-/m1/s1. The van der Waals surface area contributed by atoms with Crippen LogP contribution in [-0.4, -0.2) is 45.2 Å². The van der Waals surface area contributed by atoms with E-state index in [0.29, 0.717) is 13.1 Å². The van der Waals surface area contributed by atoms with Crippen LogP contribution in [-0.2, 0) is 6.54 Å². The van der Waals surface area contributed by atoms with Crippen LogP contribution in [0.4, 0.5) is 8.78 Å². The second kappa shape index (κ2) is 7.60. The summed E-state index contributed by atoms with van der Waals surface area (Å²) in [5.74, 6) is -0.222. The molecule has 1 aliphatic heterocycles. The quantitative estimate of drug-likeness (QED) is 0.774. The molecule has 1 fully saturated rings. The number of hydrogen-bond acceptors (Lipinski definition) is 4. The predicted molar refractivity (Wildman–Crippen MR) is 87.4 cm³/mol. The molecule has 134 valence electrons. The average molecular weight is 350 g/mol. The number of aromatic amines is 1. The molecule has 1 aliphatic rings. The molecule has 0 bridgehead atoms. The number of nitrogens with one attached hydrogen (secondary N) is 2. The van der Waals surface area contributed by atoms with E-state index in [9.17, 15) is 18.7 Å². The van der Waals surface area contributed by atoms with Crippen molar-refractivity contribution in [3.8, 4) is 5.75 Å². The first-order valence-electron chi connectivity index (χ1n) is 8.16. The van der Waals surface area contributed by atoms with Crippen LogP contribution in [0.25, 0.3) is 0 Å². The van der Waals surface area contributed by atoms with Gasteiger partial charge < -0.3 is 10.4 Å². The van der Waals surface area contributed by atoms with Crippen LogP contribution in [0.15, 0.2) is 30.3 Å². The summed E-state index contributed by atoms with van der Waals surface area (Å²) in [7, 11) is 0. The monoisotopic (exact) mass is 350 g/mol. The van der Waals surface area contributed by atoms with Gasteiger partial charge in [0, 0.05) is 19.1 Å². The molecule has 8 heteroatoms. The molecule has 6 nitrogen and oxygen atoms in total. The summed E-state index contributed by atoms with van der Waals surface area (Å²) in [4.78, 5) is 14.4. The highest BCUT2D eigenvalue weighted by Crippen LogP contribution is 2.18. The Morgan fingerprint density at radius 3 is 3.00 bits per heavy atom. The van der Waals surface area contributed by atoms with Gasteiger partial charge in [-0.1, -0.05) is 12.1 Å². The third-order valence-electron chi connectivity index (χ3n) is 4.22. The Labute approximate surface area is 143 Å². The van der Waals surface area contributed by atoms with Crippen LogP contribution in [0, 0.1) is 0 Å². The summed E-state index contributed by atoms with van der Waals surface area (Å²) in [6.07, 6.45) is -0.928. The number of likely N-dealkylation sites (tertiary alicyclic amines) is 1. The molecule has 0 spiro atoms. The third kappa shape index (κ3) is 4.54. The lowest BCUT2D eigenvalue weighted by Gasteiger charge is -2.33. The van der Waals surface area contributed by atoms with Crippen molar-refractivity contribution in [2.24, 2.45) is 0 Å². The molecule has 0 unspecified atom stereocenters. The van der Waals surface area contributed by atoms with Gasteiger partial charge in [-0.3, -0.25) is 14.8 Å². The molecule has 3 rings (SSSR count). The van der Waals surface area contributed by atoms with Crippen LogP contribution in [0.3, 0.4) is 0 Å². The number of H-pyrrole nitrogens is 1. The second-order valence-corrected chi connectivity index (χ2v) is 6.23. The van der Waals surface area contributed by atoms with Crippen LogP contribution >= 0.6 is 0 Å². The van der Waals surface area contributed by atoms with E-state index >= 15 is 0 Å². The van der Waals surface area contributed by atoms with Gasteiger partial charge in [0.1, 0.15) is 17.1 Å². The number of phenolic OH excluding ortho intramolecular Hbond substituents is 1. The first-order valence-corrected chi connectivity index (χ1v) is 8.16. The number of phenols is 1. The van der Waals surface area contributed by atoms with E-state index in [-0.39, 0.29) is 23.2 Å². The number of nitrogens with zero attached hydrogens (tertiary/aromatic N) is 2. The van der Waals surface area contributed by atoms with Crippen LogP contribution in [0.2, 0.25) is 0 Å². The van der Waals surface area contributed by atoms with E-state index in [2.05, 4.69) is 20.4 Å². The summed E-state index contributed by atoms with van der Waals surface area (Å²) < 4.78 is 25.1. The smallest absolute Gasteiger partial charge is 0.279 e.